The lowest BCUT2D eigenvalue weighted by Crippen LogP contribution is -2.32. The Hall–Kier alpha value is -2.27. The predicted molar refractivity (Wildman–Crippen MR) is 136 cm³/mol. The van der Waals surface area contributed by atoms with E-state index in [1.54, 1.807) is 27.9 Å². The highest BCUT2D eigenvalue weighted by atomic mass is 32.2. The average Bonchev–Trinajstić information content (AvgIpc) is 3.16. The Labute approximate surface area is 206 Å². The van der Waals surface area contributed by atoms with Gasteiger partial charge in [-0.2, -0.15) is 4.31 Å². The summed E-state index contributed by atoms with van der Waals surface area (Å²) in [5.74, 6) is -0.499. The van der Waals surface area contributed by atoms with Crippen LogP contribution in [-0.2, 0) is 23.0 Å². The molecule has 0 saturated carbocycles. The molecule has 186 valence electrons. The molecule has 1 N–H and O–H groups in total. The van der Waals surface area contributed by atoms with Crippen LogP contribution in [0.2, 0.25) is 0 Å². The van der Waals surface area contributed by atoms with Crippen LogP contribution in [0.25, 0.3) is 0 Å². The Morgan fingerprint density at radius 2 is 1.74 bits per heavy atom. The molecule has 0 saturated heterocycles. The van der Waals surface area contributed by atoms with E-state index in [9.17, 15) is 18.0 Å². The smallest absolute Gasteiger partial charge is 0.256 e. The van der Waals surface area contributed by atoms with Crippen molar-refractivity contribution in [3.63, 3.8) is 0 Å². The van der Waals surface area contributed by atoms with Gasteiger partial charge in [-0.05, 0) is 49.2 Å². The van der Waals surface area contributed by atoms with E-state index in [0.29, 0.717) is 29.2 Å². The lowest BCUT2D eigenvalue weighted by atomic mass is 10.0. The number of nitrogens with zero attached hydrogens (tertiary/aromatic N) is 3. The summed E-state index contributed by atoms with van der Waals surface area (Å²) in [6.45, 7) is 9.14. The molecule has 1 aliphatic rings. The fraction of sp³-hybridized carbons (Fsp3) is 0.500. The first-order chi connectivity index (χ1) is 16.1. The highest BCUT2D eigenvalue weighted by Crippen LogP contribution is 2.38. The SMILES string of the molecule is CCCN1CCc2c(sc(NC(=O)c3ccc(S(=O)(=O)N(CC)CC)cc3)c2C(=O)N(C)C)C1. The van der Waals surface area contributed by atoms with Gasteiger partial charge in [-0.3, -0.25) is 14.5 Å². The fourth-order valence-corrected chi connectivity index (χ4v) is 6.90. The molecule has 0 aliphatic carbocycles. The van der Waals surface area contributed by atoms with Gasteiger partial charge in [0.2, 0.25) is 10.0 Å². The van der Waals surface area contributed by atoms with Gasteiger partial charge < -0.3 is 10.2 Å². The quantitative estimate of drug-likeness (QED) is 0.562. The number of fused-ring (bicyclic) bond motifs is 1. The number of hydrogen-bond donors (Lipinski definition) is 1. The summed E-state index contributed by atoms with van der Waals surface area (Å²) < 4.78 is 26.8. The Kier molecular flexibility index (Phi) is 8.51. The third kappa shape index (κ3) is 5.35. The van der Waals surface area contributed by atoms with Crippen LogP contribution in [0.15, 0.2) is 29.2 Å². The Morgan fingerprint density at radius 3 is 2.29 bits per heavy atom. The summed E-state index contributed by atoms with van der Waals surface area (Å²) in [6.07, 6.45) is 1.84. The number of rotatable bonds is 9. The van der Waals surface area contributed by atoms with Crippen molar-refractivity contribution >= 4 is 38.2 Å². The molecule has 0 fully saturated rings. The van der Waals surface area contributed by atoms with Crippen LogP contribution in [0.5, 0.6) is 0 Å². The lowest BCUT2D eigenvalue weighted by molar-refractivity contribution is 0.0827. The van der Waals surface area contributed by atoms with Gasteiger partial charge in [-0.15, -0.1) is 11.3 Å². The summed E-state index contributed by atoms with van der Waals surface area (Å²) >= 11 is 1.45. The average molecular weight is 507 g/mol. The molecule has 0 atom stereocenters. The second-order valence-corrected chi connectivity index (χ2v) is 11.5. The Bertz CT molecular complexity index is 1140. The van der Waals surface area contributed by atoms with Gasteiger partial charge in [0.05, 0.1) is 10.5 Å². The number of carbonyl (C=O) groups excluding carboxylic acids is 2. The van der Waals surface area contributed by atoms with Crippen molar-refractivity contribution in [1.29, 1.82) is 0 Å². The number of benzene rings is 1. The fourth-order valence-electron chi connectivity index (χ4n) is 4.17. The zero-order valence-electron chi connectivity index (χ0n) is 20.6. The van der Waals surface area contributed by atoms with Crippen molar-refractivity contribution in [3.05, 3.63) is 45.8 Å². The third-order valence-corrected chi connectivity index (χ3v) is 9.18. The monoisotopic (exact) mass is 506 g/mol. The molecule has 10 heteroatoms. The lowest BCUT2D eigenvalue weighted by Gasteiger charge is -2.26. The van der Waals surface area contributed by atoms with E-state index in [0.717, 1.165) is 42.9 Å². The van der Waals surface area contributed by atoms with Crippen molar-refractivity contribution in [2.24, 2.45) is 0 Å². The molecule has 0 spiro atoms. The molecule has 2 amide bonds. The van der Waals surface area contributed by atoms with Crippen LogP contribution >= 0.6 is 11.3 Å². The van der Waals surface area contributed by atoms with Gasteiger partial charge in [0.15, 0.2) is 0 Å². The van der Waals surface area contributed by atoms with E-state index in [2.05, 4.69) is 17.1 Å². The number of carbonyl (C=O) groups is 2. The van der Waals surface area contributed by atoms with Crippen LogP contribution in [0.1, 0.15) is 58.3 Å². The van der Waals surface area contributed by atoms with Crippen LogP contribution in [-0.4, -0.2) is 74.6 Å². The maximum atomic E-state index is 13.0. The zero-order chi connectivity index (χ0) is 25.0. The highest BCUT2D eigenvalue weighted by molar-refractivity contribution is 7.89. The van der Waals surface area contributed by atoms with Gasteiger partial charge in [0, 0.05) is 50.7 Å². The molecule has 2 aromatic rings. The van der Waals surface area contributed by atoms with E-state index in [4.69, 9.17) is 0 Å². The minimum atomic E-state index is -3.59. The third-order valence-electron chi connectivity index (χ3n) is 5.98. The molecule has 2 heterocycles. The molecule has 1 aliphatic heterocycles. The highest BCUT2D eigenvalue weighted by Gasteiger charge is 2.29. The maximum Gasteiger partial charge on any atom is 0.256 e. The first-order valence-corrected chi connectivity index (χ1v) is 13.9. The zero-order valence-corrected chi connectivity index (χ0v) is 22.2. The van der Waals surface area contributed by atoms with Crippen LogP contribution in [0, 0.1) is 0 Å². The molecular formula is C24H34N4O4S2. The summed E-state index contributed by atoms with van der Waals surface area (Å²) in [6, 6.07) is 5.93. The van der Waals surface area contributed by atoms with Gasteiger partial charge >= 0.3 is 0 Å². The van der Waals surface area contributed by atoms with Gasteiger partial charge in [-0.25, -0.2) is 8.42 Å². The predicted octanol–water partition coefficient (Wildman–Crippen LogP) is 3.50. The van der Waals surface area contributed by atoms with Gasteiger partial charge in [0.25, 0.3) is 11.8 Å². The van der Waals surface area contributed by atoms with Crippen molar-refractivity contribution in [2.75, 3.05) is 45.6 Å². The van der Waals surface area contributed by atoms with E-state index in [1.165, 1.54) is 44.8 Å². The molecule has 8 nitrogen and oxygen atoms in total. The minimum Gasteiger partial charge on any atom is -0.345 e. The molecule has 34 heavy (non-hydrogen) atoms. The Morgan fingerprint density at radius 1 is 1.09 bits per heavy atom. The summed E-state index contributed by atoms with van der Waals surface area (Å²) in [5.41, 5.74) is 1.92. The van der Waals surface area contributed by atoms with Crippen molar-refractivity contribution in [2.45, 2.75) is 45.1 Å². The molecular weight excluding hydrogens is 472 g/mol. The van der Waals surface area contributed by atoms with E-state index >= 15 is 0 Å². The van der Waals surface area contributed by atoms with Crippen molar-refractivity contribution in [3.8, 4) is 0 Å². The van der Waals surface area contributed by atoms with E-state index in [1.807, 2.05) is 0 Å². The molecule has 0 bridgehead atoms. The first-order valence-electron chi connectivity index (χ1n) is 11.6. The van der Waals surface area contributed by atoms with E-state index in [-0.39, 0.29) is 16.7 Å². The number of amides is 2. The summed E-state index contributed by atoms with van der Waals surface area (Å²) in [7, 11) is -0.178. The molecule has 1 aromatic heterocycles. The summed E-state index contributed by atoms with van der Waals surface area (Å²) in [5, 5.41) is 3.47. The molecule has 0 unspecified atom stereocenters. The summed E-state index contributed by atoms with van der Waals surface area (Å²) in [4.78, 5) is 31.2. The second kappa shape index (κ2) is 11.0. The topological polar surface area (TPSA) is 90.0 Å². The number of nitrogens with one attached hydrogen (secondary N) is 1. The number of anilines is 1. The molecule has 0 radical (unpaired) electrons. The minimum absolute atomic E-state index is 0.127. The van der Waals surface area contributed by atoms with Crippen LogP contribution < -0.4 is 5.32 Å². The Balaban J connectivity index is 1.88. The second-order valence-electron chi connectivity index (χ2n) is 8.50. The molecule has 1 aromatic carbocycles. The van der Waals surface area contributed by atoms with Crippen molar-refractivity contribution < 1.29 is 18.0 Å². The van der Waals surface area contributed by atoms with Gasteiger partial charge in [-0.1, -0.05) is 20.8 Å². The van der Waals surface area contributed by atoms with E-state index < -0.39 is 10.0 Å². The number of sulfonamides is 1. The van der Waals surface area contributed by atoms with Crippen LogP contribution in [0.4, 0.5) is 5.00 Å². The maximum absolute atomic E-state index is 13.0. The van der Waals surface area contributed by atoms with Crippen molar-refractivity contribution in [1.82, 2.24) is 14.1 Å². The number of hydrogen-bond acceptors (Lipinski definition) is 6. The first kappa shape index (κ1) is 26.3. The largest absolute Gasteiger partial charge is 0.345 e. The standard InChI is InChI=1S/C24H34N4O4S2/c1-6-14-27-15-13-19-20(16-27)33-23(21(19)24(30)26(4)5)25-22(29)17-9-11-18(12-10-17)34(31,32)28(7-2)8-3/h9-12H,6-8,13-16H2,1-5H3,(H,25,29). The van der Waals surface area contributed by atoms with Crippen LogP contribution in [0.3, 0.4) is 0 Å². The number of thiophene rings is 1. The molecule has 3 rings (SSSR count). The van der Waals surface area contributed by atoms with Gasteiger partial charge in [0.1, 0.15) is 5.00 Å². The normalized spacial score (nSPS) is 14.2.